The number of carboxylic acid groups (broad SMARTS) is 1. The Bertz CT molecular complexity index is 1270. The zero-order chi connectivity index (χ0) is 28.7. The van der Waals surface area contributed by atoms with Gasteiger partial charge in [-0.3, -0.25) is 19.5 Å². The van der Waals surface area contributed by atoms with Crippen LogP contribution in [-0.2, 0) is 39.9 Å². The Labute approximate surface area is 230 Å². The van der Waals surface area contributed by atoms with Gasteiger partial charge in [0.15, 0.2) is 0 Å². The molecule has 216 valence electrons. The molecule has 40 heavy (non-hydrogen) atoms. The normalized spacial score (nSPS) is 24.5. The number of carbonyl (C=O) groups is 2. The summed E-state index contributed by atoms with van der Waals surface area (Å²) in [6.45, 7) is 4.24. The van der Waals surface area contributed by atoms with Crippen molar-refractivity contribution in [3.63, 3.8) is 0 Å². The topological polar surface area (TPSA) is 83.0 Å². The van der Waals surface area contributed by atoms with Gasteiger partial charge in [0.25, 0.3) is 5.91 Å². The van der Waals surface area contributed by atoms with E-state index in [1.165, 1.54) is 6.07 Å². The van der Waals surface area contributed by atoms with Crippen molar-refractivity contribution < 1.29 is 37.0 Å². The Morgan fingerprint density at radius 1 is 1.15 bits per heavy atom. The van der Waals surface area contributed by atoms with Crippen LogP contribution >= 0.6 is 0 Å². The van der Waals surface area contributed by atoms with E-state index in [0.717, 1.165) is 50.2 Å². The van der Waals surface area contributed by atoms with E-state index in [4.69, 9.17) is 9.84 Å². The minimum Gasteiger partial charge on any atom is -0.481 e. The first-order valence-electron chi connectivity index (χ1n) is 13.7. The Balaban J connectivity index is 1.15. The molecule has 0 spiro atoms. The number of hydrogen-bond acceptors (Lipinski definition) is 5. The molecule has 0 saturated carbocycles. The van der Waals surface area contributed by atoms with Crippen LogP contribution in [0.3, 0.4) is 0 Å². The Morgan fingerprint density at radius 3 is 2.55 bits per heavy atom. The smallest absolute Gasteiger partial charge is 0.417 e. The molecule has 7 nitrogen and oxygen atoms in total. The van der Waals surface area contributed by atoms with Gasteiger partial charge in [-0.2, -0.15) is 13.2 Å². The summed E-state index contributed by atoms with van der Waals surface area (Å²) in [5, 5.41) is 9.04. The third-order valence-electron chi connectivity index (χ3n) is 8.58. The van der Waals surface area contributed by atoms with Crippen molar-refractivity contribution in [2.24, 2.45) is 0 Å². The predicted molar refractivity (Wildman–Crippen MR) is 137 cm³/mol. The SMILES string of the molecule is C[C@]1(C(=O)N2CCc3ncc(C(F)(F)F)cc3C2)CC[C@@H](N2CCC(c3ccc(F)c(CC(=O)O)c3)CC2)CO1. The molecule has 0 radical (unpaired) electrons. The van der Waals surface area contributed by atoms with Crippen molar-refractivity contribution in [1.82, 2.24) is 14.8 Å². The van der Waals surface area contributed by atoms with Gasteiger partial charge < -0.3 is 14.7 Å². The molecule has 0 aliphatic carbocycles. The van der Waals surface area contributed by atoms with E-state index in [1.54, 1.807) is 24.0 Å². The molecule has 2 saturated heterocycles. The summed E-state index contributed by atoms with van der Waals surface area (Å²) in [4.78, 5) is 32.4. The van der Waals surface area contributed by atoms with Crippen LogP contribution in [-0.4, -0.2) is 69.7 Å². The molecule has 1 amide bonds. The molecule has 2 fully saturated rings. The zero-order valence-electron chi connectivity index (χ0n) is 22.3. The number of aliphatic carboxylic acids is 1. The lowest BCUT2D eigenvalue weighted by atomic mass is 9.86. The Hall–Kier alpha value is -3.05. The van der Waals surface area contributed by atoms with Gasteiger partial charge >= 0.3 is 12.1 Å². The number of nitrogens with zero attached hydrogens (tertiary/aromatic N) is 3. The van der Waals surface area contributed by atoms with E-state index in [9.17, 15) is 27.2 Å². The van der Waals surface area contributed by atoms with Crippen LogP contribution in [0.1, 0.15) is 66.5 Å². The van der Waals surface area contributed by atoms with E-state index in [-0.39, 0.29) is 36.4 Å². The summed E-state index contributed by atoms with van der Waals surface area (Å²) in [7, 11) is 0. The van der Waals surface area contributed by atoms with Crippen LogP contribution in [0.25, 0.3) is 0 Å². The highest BCUT2D eigenvalue weighted by Gasteiger charge is 2.44. The second-order valence-corrected chi connectivity index (χ2v) is 11.3. The van der Waals surface area contributed by atoms with E-state index in [1.807, 2.05) is 0 Å². The number of ether oxygens (including phenoxy) is 1. The quantitative estimate of drug-likeness (QED) is 0.537. The molecule has 1 N–H and O–H groups in total. The summed E-state index contributed by atoms with van der Waals surface area (Å²) < 4.78 is 59.6. The van der Waals surface area contributed by atoms with Gasteiger partial charge in [-0.15, -0.1) is 0 Å². The second kappa shape index (κ2) is 11.1. The maximum absolute atomic E-state index is 14.0. The van der Waals surface area contributed by atoms with E-state index in [2.05, 4.69) is 9.88 Å². The largest absolute Gasteiger partial charge is 0.481 e. The predicted octanol–water partition coefficient (Wildman–Crippen LogP) is 4.57. The van der Waals surface area contributed by atoms with E-state index < -0.39 is 29.1 Å². The molecule has 2 atom stereocenters. The number of aromatic nitrogens is 1. The molecule has 0 unspecified atom stereocenters. The number of hydrogen-bond donors (Lipinski definition) is 1. The highest BCUT2D eigenvalue weighted by atomic mass is 19.4. The van der Waals surface area contributed by atoms with Gasteiger partial charge in [0.1, 0.15) is 11.4 Å². The number of likely N-dealkylation sites (tertiary alicyclic amines) is 1. The van der Waals surface area contributed by atoms with Crippen LogP contribution in [0.2, 0.25) is 0 Å². The van der Waals surface area contributed by atoms with Crippen LogP contribution < -0.4 is 0 Å². The molecular weight excluding hydrogens is 530 g/mol. The lowest BCUT2D eigenvalue weighted by Gasteiger charge is -2.45. The Kier molecular flexibility index (Phi) is 7.89. The van der Waals surface area contributed by atoms with Gasteiger partial charge in [-0.05, 0) is 80.4 Å². The first-order valence-corrected chi connectivity index (χ1v) is 13.7. The number of fused-ring (bicyclic) bond motifs is 1. The minimum absolute atomic E-state index is 0.0819. The summed E-state index contributed by atoms with van der Waals surface area (Å²) in [5.41, 5.74) is 0.324. The second-order valence-electron chi connectivity index (χ2n) is 11.3. The van der Waals surface area contributed by atoms with Gasteiger partial charge in [0.05, 0.1) is 18.6 Å². The first-order chi connectivity index (χ1) is 18.9. The standard InChI is InChI=1S/C29H33F4N3O4/c1-28(27(39)36-11-7-25-21(16-36)13-22(15-34-25)29(31,32)33)8-4-23(17-40-28)35-9-5-18(6-10-35)19-2-3-24(30)20(12-19)14-26(37)38/h2-3,12-13,15,18,23H,4-11,14,16-17H2,1H3,(H,37,38)/t23-,28-/m1/s1. The average molecular weight is 564 g/mol. The number of rotatable bonds is 5. The molecule has 4 heterocycles. The van der Waals surface area contributed by atoms with Crippen molar-refractivity contribution in [3.05, 3.63) is 64.2 Å². The third kappa shape index (κ3) is 6.00. The first kappa shape index (κ1) is 28.5. The van der Waals surface area contributed by atoms with Gasteiger partial charge in [0.2, 0.25) is 0 Å². The lowest BCUT2D eigenvalue weighted by molar-refractivity contribution is -0.168. The van der Waals surface area contributed by atoms with Crippen LogP contribution in [0.5, 0.6) is 0 Å². The number of benzene rings is 1. The molecule has 1 aromatic heterocycles. The van der Waals surface area contributed by atoms with E-state index in [0.29, 0.717) is 37.3 Å². The summed E-state index contributed by atoms with van der Waals surface area (Å²) >= 11 is 0. The molecule has 5 rings (SSSR count). The lowest BCUT2D eigenvalue weighted by Crippen LogP contribution is -2.56. The van der Waals surface area contributed by atoms with Crippen molar-refractivity contribution in [2.75, 3.05) is 26.2 Å². The van der Waals surface area contributed by atoms with E-state index >= 15 is 0 Å². The van der Waals surface area contributed by atoms with Crippen molar-refractivity contribution in [3.8, 4) is 0 Å². The molecule has 11 heteroatoms. The highest BCUT2D eigenvalue weighted by Crippen LogP contribution is 2.36. The molecule has 0 bridgehead atoms. The molecule has 1 aromatic carbocycles. The molecule has 3 aliphatic rings. The maximum Gasteiger partial charge on any atom is 0.417 e. The monoisotopic (exact) mass is 563 g/mol. The van der Waals surface area contributed by atoms with Crippen molar-refractivity contribution in [1.29, 1.82) is 0 Å². The number of carbonyl (C=O) groups excluding carboxylic acids is 1. The number of alkyl halides is 3. The number of pyridine rings is 1. The van der Waals surface area contributed by atoms with Gasteiger partial charge in [-0.25, -0.2) is 4.39 Å². The van der Waals surface area contributed by atoms with Gasteiger partial charge in [0, 0.05) is 37.4 Å². The van der Waals surface area contributed by atoms with Crippen molar-refractivity contribution >= 4 is 11.9 Å². The molecular formula is C29H33F4N3O4. The number of amides is 1. The summed E-state index contributed by atoms with van der Waals surface area (Å²) in [6.07, 6.45) is -0.602. The maximum atomic E-state index is 14.0. The zero-order valence-corrected chi connectivity index (χ0v) is 22.3. The average Bonchev–Trinajstić information content (AvgIpc) is 2.93. The van der Waals surface area contributed by atoms with Crippen LogP contribution in [0.15, 0.2) is 30.5 Å². The highest BCUT2D eigenvalue weighted by molar-refractivity contribution is 5.85. The summed E-state index contributed by atoms with van der Waals surface area (Å²) in [5.74, 6) is -1.56. The van der Waals surface area contributed by atoms with Gasteiger partial charge in [-0.1, -0.05) is 12.1 Å². The number of carboxylic acids is 1. The minimum atomic E-state index is -4.49. The fourth-order valence-electron chi connectivity index (χ4n) is 6.17. The third-order valence-corrected chi connectivity index (χ3v) is 8.58. The molecule has 3 aliphatic heterocycles. The number of halogens is 4. The van der Waals surface area contributed by atoms with Crippen LogP contribution in [0, 0.1) is 5.82 Å². The Morgan fingerprint density at radius 2 is 1.90 bits per heavy atom. The fraction of sp³-hybridized carbons (Fsp3) is 0.552. The molecule has 2 aromatic rings. The number of piperidine rings is 1. The summed E-state index contributed by atoms with van der Waals surface area (Å²) in [6, 6.07) is 5.99. The van der Waals surface area contributed by atoms with Crippen molar-refractivity contribution in [2.45, 2.75) is 75.7 Å². The van der Waals surface area contributed by atoms with Crippen LogP contribution in [0.4, 0.5) is 17.6 Å². The fourth-order valence-corrected chi connectivity index (χ4v) is 6.17.